The van der Waals surface area contributed by atoms with Crippen LogP contribution in [0.5, 0.6) is 0 Å². The van der Waals surface area contributed by atoms with E-state index in [9.17, 15) is 9.90 Å². The van der Waals surface area contributed by atoms with E-state index in [1.165, 1.54) is 0 Å². The van der Waals surface area contributed by atoms with Crippen LogP contribution in [-0.4, -0.2) is 42.2 Å². The highest BCUT2D eigenvalue weighted by Gasteiger charge is 2.27. The first-order valence-electron chi connectivity index (χ1n) is 7.98. The monoisotopic (exact) mass is 306 g/mol. The molecule has 0 fully saturated rings. The number of nitrogens with zero attached hydrogens (tertiary/aromatic N) is 1. The summed E-state index contributed by atoms with van der Waals surface area (Å²) in [5.41, 5.74) is 0.869. The number of nitrogens with one attached hydrogen (secondary N) is 1. The topological polar surface area (TPSA) is 52.6 Å². The molecule has 2 atom stereocenters. The first kappa shape index (κ1) is 18.7. The van der Waals surface area contributed by atoms with Gasteiger partial charge in [-0.15, -0.1) is 0 Å². The SMILES string of the molecule is CCN(C)C(C(=O)NCC(C)(C)CC(C)O)c1ccccc1. The average molecular weight is 306 g/mol. The van der Waals surface area contributed by atoms with Crippen molar-refractivity contribution in [2.75, 3.05) is 20.1 Å². The summed E-state index contributed by atoms with van der Waals surface area (Å²) in [5, 5.41) is 12.6. The molecule has 22 heavy (non-hydrogen) atoms. The first-order valence-corrected chi connectivity index (χ1v) is 7.98. The van der Waals surface area contributed by atoms with Gasteiger partial charge in [-0.05, 0) is 37.9 Å². The molecule has 1 amide bonds. The predicted molar refractivity (Wildman–Crippen MR) is 90.6 cm³/mol. The molecular formula is C18H30N2O2. The van der Waals surface area contributed by atoms with E-state index in [0.717, 1.165) is 12.1 Å². The minimum Gasteiger partial charge on any atom is -0.393 e. The molecule has 1 aromatic rings. The fourth-order valence-electron chi connectivity index (χ4n) is 2.72. The lowest BCUT2D eigenvalue weighted by Gasteiger charge is -2.30. The van der Waals surface area contributed by atoms with E-state index in [-0.39, 0.29) is 23.5 Å². The highest BCUT2D eigenvalue weighted by molar-refractivity contribution is 5.83. The van der Waals surface area contributed by atoms with E-state index in [0.29, 0.717) is 13.0 Å². The van der Waals surface area contributed by atoms with Gasteiger partial charge in [-0.25, -0.2) is 0 Å². The third-order valence-corrected chi connectivity index (χ3v) is 3.89. The van der Waals surface area contributed by atoms with Crippen LogP contribution >= 0.6 is 0 Å². The van der Waals surface area contributed by atoms with Crippen LogP contribution in [0.4, 0.5) is 0 Å². The maximum Gasteiger partial charge on any atom is 0.241 e. The minimum atomic E-state index is -0.366. The zero-order valence-electron chi connectivity index (χ0n) is 14.5. The average Bonchev–Trinajstić information content (AvgIpc) is 2.45. The molecule has 1 rings (SSSR count). The highest BCUT2D eigenvalue weighted by Crippen LogP contribution is 2.23. The number of amides is 1. The highest BCUT2D eigenvalue weighted by atomic mass is 16.3. The number of likely N-dealkylation sites (N-methyl/N-ethyl adjacent to an activating group) is 1. The Morgan fingerprint density at radius 1 is 1.32 bits per heavy atom. The van der Waals surface area contributed by atoms with E-state index >= 15 is 0 Å². The molecule has 0 spiro atoms. The number of aliphatic hydroxyl groups excluding tert-OH is 1. The van der Waals surface area contributed by atoms with Gasteiger partial charge in [0.2, 0.25) is 5.91 Å². The molecule has 0 saturated heterocycles. The van der Waals surface area contributed by atoms with Crippen molar-refractivity contribution in [3.63, 3.8) is 0 Å². The Kier molecular flexibility index (Phi) is 7.04. The molecule has 0 aliphatic rings. The second-order valence-corrected chi connectivity index (χ2v) is 6.82. The number of aliphatic hydroxyl groups is 1. The number of hydrogen-bond donors (Lipinski definition) is 2. The summed E-state index contributed by atoms with van der Waals surface area (Å²) < 4.78 is 0. The Bertz CT molecular complexity index is 457. The van der Waals surface area contributed by atoms with Crippen molar-refractivity contribution in [1.29, 1.82) is 0 Å². The summed E-state index contributed by atoms with van der Waals surface area (Å²) in [6.07, 6.45) is 0.294. The van der Waals surface area contributed by atoms with Crippen molar-refractivity contribution in [1.82, 2.24) is 10.2 Å². The van der Waals surface area contributed by atoms with Crippen molar-refractivity contribution < 1.29 is 9.90 Å². The van der Waals surface area contributed by atoms with Crippen molar-refractivity contribution in [3.05, 3.63) is 35.9 Å². The Hall–Kier alpha value is -1.39. The second kappa shape index (κ2) is 8.30. The van der Waals surface area contributed by atoms with Gasteiger partial charge >= 0.3 is 0 Å². The molecule has 0 aromatic heterocycles. The smallest absolute Gasteiger partial charge is 0.241 e. The van der Waals surface area contributed by atoms with Crippen LogP contribution in [0.1, 0.15) is 45.7 Å². The van der Waals surface area contributed by atoms with E-state index in [1.807, 2.05) is 49.2 Å². The number of carbonyl (C=O) groups is 1. The lowest BCUT2D eigenvalue weighted by molar-refractivity contribution is -0.126. The van der Waals surface area contributed by atoms with Crippen molar-refractivity contribution in [2.24, 2.45) is 5.41 Å². The third kappa shape index (κ3) is 5.78. The Labute approximate surface area is 134 Å². The summed E-state index contributed by atoms with van der Waals surface area (Å²) in [7, 11) is 1.96. The normalized spacial score (nSPS) is 14.7. The van der Waals surface area contributed by atoms with Crippen molar-refractivity contribution in [2.45, 2.75) is 46.3 Å². The molecule has 0 radical (unpaired) electrons. The fourth-order valence-corrected chi connectivity index (χ4v) is 2.72. The maximum absolute atomic E-state index is 12.7. The second-order valence-electron chi connectivity index (χ2n) is 6.82. The summed E-state index contributed by atoms with van der Waals surface area (Å²) in [6.45, 7) is 9.28. The zero-order chi connectivity index (χ0) is 16.8. The molecular weight excluding hydrogens is 276 g/mol. The molecule has 0 saturated carbocycles. The first-order chi connectivity index (χ1) is 10.3. The Balaban J connectivity index is 2.78. The van der Waals surface area contributed by atoms with Gasteiger partial charge in [-0.1, -0.05) is 51.1 Å². The Morgan fingerprint density at radius 2 is 1.91 bits per heavy atom. The molecule has 2 N–H and O–H groups in total. The van der Waals surface area contributed by atoms with Crippen LogP contribution in [0.25, 0.3) is 0 Å². The van der Waals surface area contributed by atoms with E-state index < -0.39 is 0 Å². The fraction of sp³-hybridized carbons (Fsp3) is 0.611. The van der Waals surface area contributed by atoms with Crippen LogP contribution < -0.4 is 5.32 Å². The Morgan fingerprint density at radius 3 is 2.41 bits per heavy atom. The molecule has 0 bridgehead atoms. The summed E-state index contributed by atoms with van der Waals surface area (Å²) >= 11 is 0. The van der Waals surface area contributed by atoms with Gasteiger partial charge < -0.3 is 10.4 Å². The number of hydrogen-bond acceptors (Lipinski definition) is 3. The standard InChI is InChI=1S/C18H30N2O2/c1-6-20(5)16(15-10-8-7-9-11-15)17(22)19-13-18(3,4)12-14(2)21/h7-11,14,16,21H,6,12-13H2,1-5H3,(H,19,22). The van der Waals surface area contributed by atoms with Crippen molar-refractivity contribution >= 4 is 5.91 Å². The van der Waals surface area contributed by atoms with Crippen molar-refractivity contribution in [3.8, 4) is 0 Å². The van der Waals surface area contributed by atoms with Crippen LogP contribution in [0.2, 0.25) is 0 Å². The number of rotatable bonds is 8. The summed E-state index contributed by atoms with van der Waals surface area (Å²) in [5.74, 6) is 0.00854. The van der Waals surface area contributed by atoms with Gasteiger partial charge in [0.05, 0.1) is 6.10 Å². The zero-order valence-corrected chi connectivity index (χ0v) is 14.5. The lowest BCUT2D eigenvalue weighted by atomic mass is 9.87. The van der Waals surface area contributed by atoms with Gasteiger partial charge in [0.1, 0.15) is 6.04 Å². The predicted octanol–water partition coefficient (Wildman–Crippen LogP) is 2.59. The summed E-state index contributed by atoms with van der Waals surface area (Å²) in [6, 6.07) is 9.55. The molecule has 4 nitrogen and oxygen atoms in total. The lowest BCUT2D eigenvalue weighted by Crippen LogP contribution is -2.42. The molecule has 2 unspecified atom stereocenters. The molecule has 124 valence electrons. The molecule has 1 aromatic carbocycles. The van der Waals surface area contributed by atoms with Crippen LogP contribution in [-0.2, 0) is 4.79 Å². The van der Waals surface area contributed by atoms with Gasteiger partial charge in [0, 0.05) is 6.54 Å². The minimum absolute atomic E-state index is 0.00854. The van der Waals surface area contributed by atoms with Gasteiger partial charge in [0.25, 0.3) is 0 Å². The van der Waals surface area contributed by atoms with Crippen LogP contribution in [0, 0.1) is 5.41 Å². The molecule has 0 aliphatic heterocycles. The third-order valence-electron chi connectivity index (χ3n) is 3.89. The van der Waals surface area contributed by atoms with E-state index in [2.05, 4.69) is 19.2 Å². The molecule has 0 heterocycles. The largest absolute Gasteiger partial charge is 0.393 e. The molecule has 4 heteroatoms. The van der Waals surface area contributed by atoms with E-state index in [4.69, 9.17) is 0 Å². The van der Waals surface area contributed by atoms with Crippen LogP contribution in [0.3, 0.4) is 0 Å². The maximum atomic E-state index is 12.7. The molecule has 0 aliphatic carbocycles. The van der Waals surface area contributed by atoms with E-state index in [1.54, 1.807) is 6.92 Å². The number of carbonyl (C=O) groups excluding carboxylic acids is 1. The van der Waals surface area contributed by atoms with Gasteiger partial charge in [-0.2, -0.15) is 0 Å². The van der Waals surface area contributed by atoms with Crippen LogP contribution in [0.15, 0.2) is 30.3 Å². The summed E-state index contributed by atoms with van der Waals surface area (Å²) in [4.78, 5) is 14.7. The number of benzene rings is 1. The van der Waals surface area contributed by atoms with Gasteiger partial charge in [-0.3, -0.25) is 9.69 Å². The quantitative estimate of drug-likeness (QED) is 0.776. The van der Waals surface area contributed by atoms with Gasteiger partial charge in [0.15, 0.2) is 0 Å².